The molecule has 2 unspecified atom stereocenters. The highest BCUT2D eigenvalue weighted by atomic mass is 16.5. The smallest absolute Gasteiger partial charge is 0.122 e. The molecule has 2 atom stereocenters. The Balaban J connectivity index is 1.67. The molecule has 3 heteroatoms. The zero-order valence-electron chi connectivity index (χ0n) is 13.2. The van der Waals surface area contributed by atoms with Gasteiger partial charge in [0, 0.05) is 18.0 Å². The summed E-state index contributed by atoms with van der Waals surface area (Å²) in [6.07, 6.45) is 6.89. The monoisotopic (exact) mass is 289 g/mol. The van der Waals surface area contributed by atoms with Crippen molar-refractivity contribution in [2.24, 2.45) is 0 Å². The normalized spacial score (nSPS) is 29.4. The van der Waals surface area contributed by atoms with Crippen molar-refractivity contribution in [3.63, 3.8) is 0 Å². The van der Waals surface area contributed by atoms with Crippen molar-refractivity contribution in [3.8, 4) is 5.75 Å². The van der Waals surface area contributed by atoms with Crippen LogP contribution in [0.1, 0.15) is 49.7 Å². The minimum absolute atomic E-state index is 0.122. The zero-order chi connectivity index (χ0) is 14.9. The fourth-order valence-corrected chi connectivity index (χ4v) is 3.50. The quantitative estimate of drug-likeness (QED) is 0.875. The fourth-order valence-electron chi connectivity index (χ4n) is 3.50. The lowest BCUT2D eigenvalue weighted by atomic mass is 9.80. The molecule has 0 spiro atoms. The summed E-state index contributed by atoms with van der Waals surface area (Å²) in [5.74, 6) is 0.991. The second kappa shape index (κ2) is 5.98. The van der Waals surface area contributed by atoms with Gasteiger partial charge in [0.2, 0.25) is 0 Å². The average molecular weight is 289 g/mol. The van der Waals surface area contributed by atoms with Gasteiger partial charge < -0.3 is 15.2 Å². The van der Waals surface area contributed by atoms with Gasteiger partial charge in [0.25, 0.3) is 0 Å². The van der Waals surface area contributed by atoms with Gasteiger partial charge in [-0.25, -0.2) is 0 Å². The number of hydrogen-bond donors (Lipinski definition) is 2. The van der Waals surface area contributed by atoms with Crippen LogP contribution in [0.25, 0.3) is 0 Å². The Hall–Kier alpha value is -1.06. The van der Waals surface area contributed by atoms with Crippen LogP contribution in [0.3, 0.4) is 0 Å². The van der Waals surface area contributed by atoms with Crippen LogP contribution < -0.4 is 10.1 Å². The molecular weight excluding hydrogens is 262 g/mol. The number of aryl methyl sites for hydroxylation is 2. The van der Waals surface area contributed by atoms with Crippen LogP contribution in [0.15, 0.2) is 18.2 Å². The van der Waals surface area contributed by atoms with Gasteiger partial charge in [-0.1, -0.05) is 17.7 Å². The summed E-state index contributed by atoms with van der Waals surface area (Å²) in [6, 6.07) is 6.97. The van der Waals surface area contributed by atoms with Gasteiger partial charge in [-0.3, -0.25) is 0 Å². The summed E-state index contributed by atoms with van der Waals surface area (Å²) in [4.78, 5) is 0. The van der Waals surface area contributed by atoms with Crippen LogP contribution >= 0.6 is 0 Å². The molecule has 0 aromatic heterocycles. The predicted octanol–water partition coefficient (Wildman–Crippen LogP) is 3.11. The Morgan fingerprint density at radius 3 is 2.76 bits per heavy atom. The third-order valence-corrected chi connectivity index (χ3v) is 4.81. The van der Waals surface area contributed by atoms with Gasteiger partial charge in [0.05, 0.1) is 6.61 Å². The number of ether oxygens (including phenoxy) is 1. The standard InChI is InChI=1S/C18H27NO2/c1-13-5-8-17(14(2)10-13)21-16-4-3-9-18(11-16,12-20)19-15-6-7-15/h5,8,10,15-16,19-20H,3-4,6-7,9,11-12H2,1-2H3. The second-order valence-electron chi connectivity index (χ2n) is 6.96. The molecule has 0 amide bonds. The summed E-state index contributed by atoms with van der Waals surface area (Å²) in [7, 11) is 0. The molecule has 1 aromatic rings. The summed E-state index contributed by atoms with van der Waals surface area (Å²) in [5.41, 5.74) is 2.34. The lowest BCUT2D eigenvalue weighted by Crippen LogP contribution is -2.54. The minimum atomic E-state index is -0.122. The molecule has 0 aliphatic heterocycles. The van der Waals surface area contributed by atoms with E-state index in [4.69, 9.17) is 4.74 Å². The molecule has 0 heterocycles. The van der Waals surface area contributed by atoms with E-state index in [9.17, 15) is 5.11 Å². The topological polar surface area (TPSA) is 41.5 Å². The number of aliphatic hydroxyl groups excluding tert-OH is 1. The van der Waals surface area contributed by atoms with Gasteiger partial charge in [-0.15, -0.1) is 0 Å². The molecular formula is C18H27NO2. The van der Waals surface area contributed by atoms with E-state index in [-0.39, 0.29) is 18.2 Å². The van der Waals surface area contributed by atoms with Crippen molar-refractivity contribution in [1.29, 1.82) is 0 Å². The second-order valence-corrected chi connectivity index (χ2v) is 6.96. The highest BCUT2D eigenvalue weighted by Crippen LogP contribution is 2.35. The maximum atomic E-state index is 9.87. The summed E-state index contributed by atoms with van der Waals surface area (Å²) < 4.78 is 6.25. The molecule has 3 nitrogen and oxygen atoms in total. The molecule has 116 valence electrons. The van der Waals surface area contributed by atoms with Crippen LogP contribution in [0.5, 0.6) is 5.75 Å². The van der Waals surface area contributed by atoms with E-state index < -0.39 is 0 Å². The van der Waals surface area contributed by atoms with Gasteiger partial charge in [0.1, 0.15) is 11.9 Å². The van der Waals surface area contributed by atoms with Crippen molar-refractivity contribution in [1.82, 2.24) is 5.32 Å². The van der Waals surface area contributed by atoms with E-state index in [1.807, 2.05) is 0 Å². The molecule has 0 saturated heterocycles. The van der Waals surface area contributed by atoms with Crippen LogP contribution in [0.2, 0.25) is 0 Å². The molecule has 2 N–H and O–H groups in total. The predicted molar refractivity (Wildman–Crippen MR) is 84.8 cm³/mol. The first kappa shape index (κ1) is 14.9. The highest BCUT2D eigenvalue weighted by molar-refractivity contribution is 5.35. The summed E-state index contributed by atoms with van der Waals surface area (Å²) >= 11 is 0. The zero-order valence-corrected chi connectivity index (χ0v) is 13.2. The number of rotatable bonds is 5. The maximum absolute atomic E-state index is 9.87. The highest BCUT2D eigenvalue weighted by Gasteiger charge is 2.40. The van der Waals surface area contributed by atoms with Crippen molar-refractivity contribution < 1.29 is 9.84 Å². The number of hydrogen-bond acceptors (Lipinski definition) is 3. The summed E-state index contributed by atoms with van der Waals surface area (Å²) in [6.45, 7) is 4.43. The lowest BCUT2D eigenvalue weighted by molar-refractivity contribution is 0.0494. The van der Waals surface area contributed by atoms with Crippen molar-refractivity contribution in [2.45, 2.75) is 70.1 Å². The molecule has 2 fully saturated rings. The third kappa shape index (κ3) is 3.58. The number of benzene rings is 1. The Labute approximate surface area is 127 Å². The Bertz CT molecular complexity index is 498. The Morgan fingerprint density at radius 2 is 2.10 bits per heavy atom. The Kier molecular flexibility index (Phi) is 4.23. The van der Waals surface area contributed by atoms with E-state index in [2.05, 4.69) is 37.4 Å². The van der Waals surface area contributed by atoms with Crippen LogP contribution in [0, 0.1) is 13.8 Å². The van der Waals surface area contributed by atoms with Gasteiger partial charge in [-0.2, -0.15) is 0 Å². The van der Waals surface area contributed by atoms with E-state index in [0.29, 0.717) is 6.04 Å². The molecule has 1 aromatic carbocycles. The average Bonchev–Trinajstić information content (AvgIpc) is 3.26. The first-order valence-corrected chi connectivity index (χ1v) is 8.23. The van der Waals surface area contributed by atoms with E-state index in [1.165, 1.54) is 24.0 Å². The van der Waals surface area contributed by atoms with Gasteiger partial charge in [-0.05, 0) is 57.6 Å². The molecule has 2 aliphatic rings. The van der Waals surface area contributed by atoms with E-state index in [1.54, 1.807) is 0 Å². The van der Waals surface area contributed by atoms with E-state index in [0.717, 1.165) is 31.4 Å². The van der Waals surface area contributed by atoms with Crippen LogP contribution in [-0.4, -0.2) is 29.4 Å². The summed E-state index contributed by atoms with van der Waals surface area (Å²) in [5, 5.41) is 13.5. The van der Waals surface area contributed by atoms with E-state index >= 15 is 0 Å². The first-order valence-electron chi connectivity index (χ1n) is 8.23. The fraction of sp³-hybridized carbons (Fsp3) is 0.667. The van der Waals surface area contributed by atoms with Crippen molar-refractivity contribution in [2.75, 3.05) is 6.61 Å². The number of aliphatic hydroxyl groups is 1. The third-order valence-electron chi connectivity index (χ3n) is 4.81. The molecule has 21 heavy (non-hydrogen) atoms. The van der Waals surface area contributed by atoms with Crippen LogP contribution in [-0.2, 0) is 0 Å². The molecule has 0 bridgehead atoms. The molecule has 0 radical (unpaired) electrons. The largest absolute Gasteiger partial charge is 0.490 e. The first-order chi connectivity index (χ1) is 10.1. The van der Waals surface area contributed by atoms with Gasteiger partial charge >= 0.3 is 0 Å². The van der Waals surface area contributed by atoms with Crippen molar-refractivity contribution >= 4 is 0 Å². The molecule has 2 saturated carbocycles. The van der Waals surface area contributed by atoms with Gasteiger partial charge in [0.15, 0.2) is 0 Å². The van der Waals surface area contributed by atoms with Crippen molar-refractivity contribution in [3.05, 3.63) is 29.3 Å². The lowest BCUT2D eigenvalue weighted by Gasteiger charge is -2.40. The Morgan fingerprint density at radius 1 is 1.29 bits per heavy atom. The molecule has 2 aliphatic carbocycles. The molecule has 3 rings (SSSR count). The number of nitrogens with one attached hydrogen (secondary N) is 1. The maximum Gasteiger partial charge on any atom is 0.122 e. The van der Waals surface area contributed by atoms with Crippen LogP contribution in [0.4, 0.5) is 0 Å². The minimum Gasteiger partial charge on any atom is -0.490 e. The SMILES string of the molecule is Cc1ccc(OC2CCCC(CO)(NC3CC3)C2)c(C)c1.